The molecule has 92 valence electrons. The topological polar surface area (TPSA) is 24.7 Å². The maximum atomic E-state index is 4.42. The van der Waals surface area contributed by atoms with E-state index in [0.717, 1.165) is 25.2 Å². The minimum absolute atomic E-state index is 0.608. The van der Waals surface area contributed by atoms with Crippen molar-refractivity contribution in [1.82, 2.24) is 0 Å². The van der Waals surface area contributed by atoms with Gasteiger partial charge in [0, 0.05) is 11.4 Å². The first-order valence-corrected chi connectivity index (χ1v) is 6.75. The molecule has 0 bridgehead atoms. The molecule has 0 N–H and O–H groups in total. The van der Waals surface area contributed by atoms with Crippen LogP contribution >= 0.6 is 0 Å². The quantitative estimate of drug-likeness (QED) is 0.634. The number of hydrogen-bond acceptors (Lipinski definition) is 2. The van der Waals surface area contributed by atoms with E-state index in [4.69, 9.17) is 0 Å². The first kappa shape index (κ1) is 13.4. The van der Waals surface area contributed by atoms with E-state index in [-0.39, 0.29) is 0 Å². The van der Waals surface area contributed by atoms with Gasteiger partial charge in [0.15, 0.2) is 0 Å². The third-order valence-electron chi connectivity index (χ3n) is 3.20. The zero-order chi connectivity index (χ0) is 12.0. The van der Waals surface area contributed by atoms with Crippen LogP contribution in [0.1, 0.15) is 66.2 Å². The number of rotatable bonds is 6. The molecule has 16 heavy (non-hydrogen) atoms. The van der Waals surface area contributed by atoms with Gasteiger partial charge in [0.05, 0.1) is 0 Å². The van der Waals surface area contributed by atoms with Gasteiger partial charge in [-0.3, -0.25) is 0 Å². The summed E-state index contributed by atoms with van der Waals surface area (Å²) >= 11 is 0. The van der Waals surface area contributed by atoms with E-state index in [1.165, 1.54) is 30.7 Å². The van der Waals surface area contributed by atoms with Crippen LogP contribution in [0.15, 0.2) is 10.2 Å². The zero-order valence-electron chi connectivity index (χ0n) is 11.3. The van der Waals surface area contributed by atoms with Gasteiger partial charge in [-0.05, 0) is 43.9 Å². The summed E-state index contributed by atoms with van der Waals surface area (Å²) in [6.07, 6.45) is 7.16. The average molecular weight is 222 g/mol. The van der Waals surface area contributed by atoms with Crippen molar-refractivity contribution in [3.63, 3.8) is 0 Å². The molecule has 0 amide bonds. The number of unbranched alkanes of at least 4 members (excludes halogenated alkanes) is 1. The van der Waals surface area contributed by atoms with Gasteiger partial charge in [-0.1, -0.05) is 34.1 Å². The molecule has 0 fully saturated rings. The molecule has 1 unspecified atom stereocenters. The lowest BCUT2D eigenvalue weighted by Gasteiger charge is -2.19. The molecule has 0 saturated carbocycles. The molecule has 0 spiro atoms. The Labute approximate surface area is 100 Å². The summed E-state index contributed by atoms with van der Waals surface area (Å²) in [6.45, 7) is 9.06. The van der Waals surface area contributed by atoms with Crippen molar-refractivity contribution in [2.45, 2.75) is 66.2 Å². The van der Waals surface area contributed by atoms with E-state index in [1.807, 2.05) is 0 Å². The number of hydrogen-bond donors (Lipinski definition) is 0. The van der Waals surface area contributed by atoms with Crippen molar-refractivity contribution in [2.24, 2.45) is 22.0 Å². The second-order valence-corrected chi connectivity index (χ2v) is 5.39. The Kier molecular flexibility index (Phi) is 5.72. The Morgan fingerprint density at radius 2 is 1.88 bits per heavy atom. The SMILES string of the molecule is CCCCC1=NN=C(C(C)CC(C)C)CC1. The molecule has 0 radical (unpaired) electrons. The van der Waals surface area contributed by atoms with Crippen LogP contribution in [-0.4, -0.2) is 11.4 Å². The molecular formula is C14H26N2. The predicted octanol–water partition coefficient (Wildman–Crippen LogP) is 4.45. The molecular weight excluding hydrogens is 196 g/mol. The Morgan fingerprint density at radius 3 is 2.38 bits per heavy atom. The van der Waals surface area contributed by atoms with E-state index in [1.54, 1.807) is 0 Å². The monoisotopic (exact) mass is 222 g/mol. The summed E-state index contributed by atoms with van der Waals surface area (Å²) in [6, 6.07) is 0. The third-order valence-corrected chi connectivity index (χ3v) is 3.20. The van der Waals surface area contributed by atoms with Crippen LogP contribution in [0.5, 0.6) is 0 Å². The van der Waals surface area contributed by atoms with Gasteiger partial charge in [0.2, 0.25) is 0 Å². The van der Waals surface area contributed by atoms with Crippen molar-refractivity contribution >= 4 is 11.4 Å². The molecule has 0 aliphatic carbocycles. The minimum Gasteiger partial charge on any atom is -0.160 e. The molecule has 1 rings (SSSR count). The van der Waals surface area contributed by atoms with E-state index < -0.39 is 0 Å². The van der Waals surface area contributed by atoms with Crippen molar-refractivity contribution in [3.8, 4) is 0 Å². The van der Waals surface area contributed by atoms with Crippen molar-refractivity contribution in [2.75, 3.05) is 0 Å². The molecule has 1 aliphatic heterocycles. The highest BCUT2D eigenvalue weighted by molar-refractivity contribution is 5.95. The molecule has 0 aromatic carbocycles. The first-order valence-electron chi connectivity index (χ1n) is 6.75. The highest BCUT2D eigenvalue weighted by Crippen LogP contribution is 2.19. The minimum atomic E-state index is 0.608. The third kappa shape index (κ3) is 4.46. The zero-order valence-corrected chi connectivity index (χ0v) is 11.3. The lowest BCUT2D eigenvalue weighted by atomic mass is 9.91. The Bertz CT molecular complexity index is 264. The fourth-order valence-electron chi connectivity index (χ4n) is 2.25. The first-order chi connectivity index (χ1) is 7.63. The van der Waals surface area contributed by atoms with Crippen LogP contribution < -0.4 is 0 Å². The van der Waals surface area contributed by atoms with E-state index in [0.29, 0.717) is 5.92 Å². The Hall–Kier alpha value is -0.660. The Morgan fingerprint density at radius 1 is 1.12 bits per heavy atom. The largest absolute Gasteiger partial charge is 0.160 e. The molecule has 0 saturated heterocycles. The standard InChI is InChI=1S/C14H26N2/c1-5-6-7-13-8-9-14(16-15-13)12(4)10-11(2)3/h11-12H,5-10H2,1-4H3. The molecule has 0 aromatic heterocycles. The van der Waals surface area contributed by atoms with E-state index in [9.17, 15) is 0 Å². The maximum absolute atomic E-state index is 4.42. The van der Waals surface area contributed by atoms with Crippen LogP contribution in [-0.2, 0) is 0 Å². The summed E-state index contributed by atoms with van der Waals surface area (Å²) in [5, 5.41) is 8.80. The van der Waals surface area contributed by atoms with Gasteiger partial charge in [-0.2, -0.15) is 10.2 Å². The average Bonchev–Trinajstić information content (AvgIpc) is 2.26. The summed E-state index contributed by atoms with van der Waals surface area (Å²) in [4.78, 5) is 0. The lowest BCUT2D eigenvalue weighted by molar-refractivity contribution is 0.515. The van der Waals surface area contributed by atoms with Crippen LogP contribution in [0.3, 0.4) is 0 Å². The van der Waals surface area contributed by atoms with Gasteiger partial charge in [0.1, 0.15) is 0 Å². The second-order valence-electron chi connectivity index (χ2n) is 5.39. The van der Waals surface area contributed by atoms with Gasteiger partial charge in [-0.15, -0.1) is 0 Å². The fraction of sp³-hybridized carbons (Fsp3) is 0.857. The van der Waals surface area contributed by atoms with Crippen LogP contribution in [0.2, 0.25) is 0 Å². The van der Waals surface area contributed by atoms with Crippen LogP contribution in [0, 0.1) is 11.8 Å². The van der Waals surface area contributed by atoms with E-state index in [2.05, 4.69) is 37.9 Å². The highest BCUT2D eigenvalue weighted by Gasteiger charge is 2.16. The molecule has 2 nitrogen and oxygen atoms in total. The molecule has 1 aliphatic rings. The molecule has 1 atom stereocenters. The van der Waals surface area contributed by atoms with Crippen LogP contribution in [0.4, 0.5) is 0 Å². The summed E-state index contributed by atoms with van der Waals surface area (Å²) in [5.74, 6) is 1.36. The fourth-order valence-corrected chi connectivity index (χ4v) is 2.25. The summed E-state index contributed by atoms with van der Waals surface area (Å²) < 4.78 is 0. The molecule has 2 heteroatoms. The Balaban J connectivity index is 2.46. The van der Waals surface area contributed by atoms with Crippen molar-refractivity contribution in [3.05, 3.63) is 0 Å². The smallest absolute Gasteiger partial charge is 0.0437 e. The predicted molar refractivity (Wildman–Crippen MR) is 72.2 cm³/mol. The molecule has 1 heterocycles. The van der Waals surface area contributed by atoms with E-state index >= 15 is 0 Å². The van der Waals surface area contributed by atoms with Gasteiger partial charge >= 0.3 is 0 Å². The second kappa shape index (κ2) is 6.82. The lowest BCUT2D eigenvalue weighted by Crippen LogP contribution is -2.18. The van der Waals surface area contributed by atoms with Gasteiger partial charge in [0.25, 0.3) is 0 Å². The van der Waals surface area contributed by atoms with Crippen molar-refractivity contribution in [1.29, 1.82) is 0 Å². The van der Waals surface area contributed by atoms with Gasteiger partial charge < -0.3 is 0 Å². The summed E-state index contributed by atoms with van der Waals surface area (Å²) in [5.41, 5.74) is 2.62. The highest BCUT2D eigenvalue weighted by atomic mass is 15.2. The van der Waals surface area contributed by atoms with Gasteiger partial charge in [-0.25, -0.2) is 0 Å². The summed E-state index contributed by atoms with van der Waals surface area (Å²) in [7, 11) is 0. The van der Waals surface area contributed by atoms with Crippen LogP contribution in [0.25, 0.3) is 0 Å². The number of nitrogens with zero attached hydrogens (tertiary/aromatic N) is 2. The molecule has 0 aromatic rings. The van der Waals surface area contributed by atoms with Crippen molar-refractivity contribution < 1.29 is 0 Å². The maximum Gasteiger partial charge on any atom is 0.0437 e. The normalized spacial score (nSPS) is 18.3.